The van der Waals surface area contributed by atoms with E-state index in [1.807, 2.05) is 6.92 Å². The Labute approximate surface area is 96.8 Å². The molecule has 0 aliphatic rings. The summed E-state index contributed by atoms with van der Waals surface area (Å²) in [7, 11) is 0. The molecule has 0 saturated heterocycles. The second-order valence-corrected chi connectivity index (χ2v) is 3.87. The van der Waals surface area contributed by atoms with Crippen LogP contribution in [0.2, 0.25) is 0 Å². The van der Waals surface area contributed by atoms with Gasteiger partial charge in [0.15, 0.2) is 0 Å². The van der Waals surface area contributed by atoms with Crippen LogP contribution in [0.5, 0.6) is 0 Å². The number of nitrogens with one attached hydrogen (secondary N) is 1. The van der Waals surface area contributed by atoms with Gasteiger partial charge in [-0.15, -0.1) is 0 Å². The smallest absolute Gasteiger partial charge is 0.319 e. The summed E-state index contributed by atoms with van der Waals surface area (Å²) in [6, 6.07) is 5.16. The molecule has 96 valence electrons. The van der Waals surface area contributed by atoms with Gasteiger partial charge in [0.25, 0.3) is 0 Å². The van der Waals surface area contributed by atoms with Gasteiger partial charge in [-0.2, -0.15) is 8.78 Å². The minimum Gasteiger partial charge on any atom is -0.398 e. The average molecular weight is 250 g/mol. The Morgan fingerprint density at radius 3 is 2.59 bits per heavy atom. The zero-order valence-electron chi connectivity index (χ0n) is 9.31. The van der Waals surface area contributed by atoms with E-state index in [1.54, 1.807) is 18.2 Å². The molecule has 0 saturated carbocycles. The first-order chi connectivity index (χ1) is 7.83. The molecule has 3 N–H and O–H groups in total. The molecule has 0 bridgehead atoms. The molecule has 0 amide bonds. The molecule has 17 heavy (non-hydrogen) atoms. The van der Waals surface area contributed by atoms with Crippen LogP contribution in [0.1, 0.15) is 11.1 Å². The Bertz CT molecular complexity index is 380. The lowest BCUT2D eigenvalue weighted by molar-refractivity contribution is -0.125. The van der Waals surface area contributed by atoms with E-state index in [2.05, 4.69) is 5.32 Å². The summed E-state index contributed by atoms with van der Waals surface area (Å²) in [5, 5.41) is 2.28. The molecule has 0 aliphatic heterocycles. The molecule has 1 aromatic carbocycles. The minimum absolute atomic E-state index is 0.0375. The highest BCUT2D eigenvalue weighted by Crippen LogP contribution is 2.22. The maximum absolute atomic E-state index is 12.6. The van der Waals surface area contributed by atoms with E-state index in [4.69, 9.17) is 5.73 Å². The van der Waals surface area contributed by atoms with Crippen molar-refractivity contribution < 1.29 is 17.6 Å². The number of aryl methyl sites for hydroxylation is 1. The third-order valence-corrected chi connectivity index (χ3v) is 2.29. The number of hydrogen-bond acceptors (Lipinski definition) is 2. The van der Waals surface area contributed by atoms with Crippen LogP contribution in [0.15, 0.2) is 18.2 Å². The number of anilines is 1. The summed E-state index contributed by atoms with van der Waals surface area (Å²) >= 11 is 0. The second kappa shape index (κ2) is 5.35. The Morgan fingerprint density at radius 1 is 1.35 bits per heavy atom. The maximum Gasteiger partial charge on any atom is 0.319 e. The Hall–Kier alpha value is -1.30. The maximum atomic E-state index is 12.6. The van der Waals surface area contributed by atoms with Crippen molar-refractivity contribution in [2.24, 2.45) is 0 Å². The molecule has 0 heterocycles. The van der Waals surface area contributed by atoms with Crippen LogP contribution in [0.25, 0.3) is 0 Å². The van der Waals surface area contributed by atoms with Crippen LogP contribution >= 0.6 is 0 Å². The molecular weight excluding hydrogens is 236 g/mol. The van der Waals surface area contributed by atoms with E-state index in [1.165, 1.54) is 0 Å². The normalized spacial score (nSPS) is 12.1. The number of rotatable bonds is 5. The quantitative estimate of drug-likeness (QED) is 0.622. The fourth-order valence-corrected chi connectivity index (χ4v) is 1.33. The van der Waals surface area contributed by atoms with Crippen LogP contribution in [0.4, 0.5) is 23.2 Å². The summed E-state index contributed by atoms with van der Waals surface area (Å²) in [5.41, 5.74) is 7.62. The lowest BCUT2D eigenvalue weighted by Crippen LogP contribution is -2.38. The van der Waals surface area contributed by atoms with Gasteiger partial charge in [-0.1, -0.05) is 17.7 Å². The van der Waals surface area contributed by atoms with Crippen molar-refractivity contribution in [3.8, 4) is 0 Å². The highest BCUT2D eigenvalue weighted by atomic mass is 19.3. The SMILES string of the molecule is Cc1ccc(N)c(CNCC(F)(F)C(F)F)c1. The molecule has 1 aromatic rings. The monoisotopic (exact) mass is 250 g/mol. The van der Waals surface area contributed by atoms with Crippen molar-refractivity contribution in [1.82, 2.24) is 5.32 Å². The van der Waals surface area contributed by atoms with Gasteiger partial charge in [-0.05, 0) is 18.6 Å². The van der Waals surface area contributed by atoms with E-state index in [-0.39, 0.29) is 6.54 Å². The van der Waals surface area contributed by atoms with Crippen molar-refractivity contribution in [3.05, 3.63) is 29.3 Å². The standard InChI is InChI=1S/C11H14F4N2/c1-7-2-3-9(16)8(4-7)5-17-6-11(14,15)10(12)13/h2-4,10,17H,5-6,16H2,1H3. The van der Waals surface area contributed by atoms with Crippen molar-refractivity contribution in [2.75, 3.05) is 12.3 Å². The lowest BCUT2D eigenvalue weighted by Gasteiger charge is -2.16. The minimum atomic E-state index is -4.02. The van der Waals surface area contributed by atoms with Crippen molar-refractivity contribution in [2.45, 2.75) is 25.8 Å². The molecular formula is C11H14F4N2. The lowest BCUT2D eigenvalue weighted by atomic mass is 10.1. The van der Waals surface area contributed by atoms with Gasteiger partial charge in [0, 0.05) is 12.2 Å². The predicted octanol–water partition coefficient (Wildman–Crippen LogP) is 2.57. The molecule has 6 heteroatoms. The molecule has 0 unspecified atom stereocenters. The van der Waals surface area contributed by atoms with E-state index < -0.39 is 18.9 Å². The van der Waals surface area contributed by atoms with Crippen LogP contribution in [-0.2, 0) is 6.54 Å². The zero-order valence-corrected chi connectivity index (χ0v) is 9.31. The molecule has 0 spiro atoms. The molecule has 0 aromatic heterocycles. The fraction of sp³-hybridized carbons (Fsp3) is 0.455. The summed E-state index contributed by atoms with van der Waals surface area (Å²) in [4.78, 5) is 0. The van der Waals surface area contributed by atoms with E-state index in [0.717, 1.165) is 5.56 Å². The van der Waals surface area contributed by atoms with Gasteiger partial charge in [-0.25, -0.2) is 8.78 Å². The number of nitrogens with two attached hydrogens (primary N) is 1. The van der Waals surface area contributed by atoms with Gasteiger partial charge >= 0.3 is 12.3 Å². The van der Waals surface area contributed by atoms with E-state index in [0.29, 0.717) is 11.3 Å². The summed E-state index contributed by atoms with van der Waals surface area (Å²) in [6.07, 6.45) is -3.66. The molecule has 0 aliphatic carbocycles. The summed E-state index contributed by atoms with van der Waals surface area (Å²) in [6.45, 7) is 0.796. The third-order valence-electron chi connectivity index (χ3n) is 2.29. The molecule has 0 fully saturated rings. The first-order valence-electron chi connectivity index (χ1n) is 5.04. The van der Waals surface area contributed by atoms with Crippen LogP contribution in [-0.4, -0.2) is 18.9 Å². The number of benzene rings is 1. The molecule has 0 radical (unpaired) electrons. The topological polar surface area (TPSA) is 38.0 Å². The van der Waals surface area contributed by atoms with E-state index >= 15 is 0 Å². The molecule has 0 atom stereocenters. The molecule has 2 nitrogen and oxygen atoms in total. The third kappa shape index (κ3) is 3.89. The largest absolute Gasteiger partial charge is 0.398 e. The average Bonchev–Trinajstić information content (AvgIpc) is 2.22. The number of nitrogen functional groups attached to an aromatic ring is 1. The number of alkyl halides is 4. The Kier molecular flexibility index (Phi) is 4.34. The number of hydrogen-bond donors (Lipinski definition) is 2. The number of halogens is 4. The van der Waals surface area contributed by atoms with Gasteiger partial charge in [0.2, 0.25) is 0 Å². The second-order valence-electron chi connectivity index (χ2n) is 3.87. The summed E-state index contributed by atoms with van der Waals surface area (Å²) in [5.74, 6) is -4.02. The Balaban J connectivity index is 2.54. The van der Waals surface area contributed by atoms with Crippen LogP contribution < -0.4 is 11.1 Å². The van der Waals surface area contributed by atoms with Gasteiger partial charge in [0.05, 0.1) is 6.54 Å². The Morgan fingerprint density at radius 2 is 2.00 bits per heavy atom. The van der Waals surface area contributed by atoms with Crippen molar-refractivity contribution in [1.29, 1.82) is 0 Å². The highest BCUT2D eigenvalue weighted by molar-refractivity contribution is 5.48. The summed E-state index contributed by atoms with van der Waals surface area (Å²) < 4.78 is 48.9. The zero-order chi connectivity index (χ0) is 13.1. The first kappa shape index (κ1) is 13.8. The van der Waals surface area contributed by atoms with E-state index in [9.17, 15) is 17.6 Å². The van der Waals surface area contributed by atoms with Gasteiger partial charge in [-0.3, -0.25) is 0 Å². The fourth-order valence-electron chi connectivity index (χ4n) is 1.33. The predicted molar refractivity (Wildman–Crippen MR) is 58.2 cm³/mol. The van der Waals surface area contributed by atoms with Crippen molar-refractivity contribution >= 4 is 5.69 Å². The highest BCUT2D eigenvalue weighted by Gasteiger charge is 2.39. The van der Waals surface area contributed by atoms with Crippen LogP contribution in [0.3, 0.4) is 0 Å². The molecule has 1 rings (SSSR count). The van der Waals surface area contributed by atoms with Crippen molar-refractivity contribution in [3.63, 3.8) is 0 Å². The van der Waals surface area contributed by atoms with Gasteiger partial charge < -0.3 is 11.1 Å². The first-order valence-corrected chi connectivity index (χ1v) is 5.04. The van der Waals surface area contributed by atoms with Gasteiger partial charge in [0.1, 0.15) is 0 Å². The van der Waals surface area contributed by atoms with Crippen LogP contribution in [0, 0.1) is 6.92 Å².